The van der Waals surface area contributed by atoms with Crippen molar-refractivity contribution in [1.82, 2.24) is 0 Å². The minimum absolute atomic E-state index is 0.0509. The molecule has 0 fully saturated rings. The normalized spacial score (nSPS) is 20.8. The predicted molar refractivity (Wildman–Crippen MR) is 145 cm³/mol. The van der Waals surface area contributed by atoms with Crippen LogP contribution in [0.15, 0.2) is 82.2 Å². The zero-order valence-corrected chi connectivity index (χ0v) is 22.4. The third-order valence-electron chi connectivity index (χ3n) is 7.00. The molecule has 182 valence electrons. The smallest absolute Gasteiger partial charge is 0.261 e. The fraction of sp³-hybridized carbons (Fsp3) is 0.286. The number of methoxy groups -OCH3 is 1. The molecule has 0 unspecified atom stereocenters. The summed E-state index contributed by atoms with van der Waals surface area (Å²) in [6.45, 7) is 4.23. The summed E-state index contributed by atoms with van der Waals surface area (Å²) in [7, 11) is -2.03. The van der Waals surface area contributed by atoms with Crippen molar-refractivity contribution < 1.29 is 13.2 Å². The second-order valence-corrected chi connectivity index (χ2v) is 12.1. The van der Waals surface area contributed by atoms with Gasteiger partial charge < -0.3 is 10.1 Å². The standard InChI is InChI=1S/C28H29BrN2O3S/c1-17(2)18-7-10-20(11-8-18)31-35(32,33)21-12-13-26-24(16-21)22-5-4-6-23(22)28(30-26)25-15-19(29)9-14-27(25)34-3/h4-5,7-17,22-23,28,30-31H,6H2,1-3H3/t22-,23+,28-/m0/s1. The van der Waals surface area contributed by atoms with Crippen LogP contribution in [0.3, 0.4) is 0 Å². The Morgan fingerprint density at radius 1 is 1.03 bits per heavy atom. The van der Waals surface area contributed by atoms with Gasteiger partial charge in [-0.2, -0.15) is 0 Å². The van der Waals surface area contributed by atoms with Crippen LogP contribution in [0.1, 0.15) is 54.8 Å². The lowest BCUT2D eigenvalue weighted by atomic mass is 9.77. The maximum absolute atomic E-state index is 13.2. The Bertz CT molecular complexity index is 1380. The maximum Gasteiger partial charge on any atom is 0.261 e. The van der Waals surface area contributed by atoms with Crippen LogP contribution in [0, 0.1) is 5.92 Å². The van der Waals surface area contributed by atoms with E-state index < -0.39 is 10.0 Å². The van der Waals surface area contributed by atoms with Gasteiger partial charge in [-0.1, -0.05) is 54.1 Å². The lowest BCUT2D eigenvalue weighted by molar-refractivity contribution is 0.381. The molecule has 1 aliphatic heterocycles. The molecule has 1 heterocycles. The van der Waals surface area contributed by atoms with E-state index >= 15 is 0 Å². The molecule has 7 heteroatoms. The highest BCUT2D eigenvalue weighted by Gasteiger charge is 2.39. The van der Waals surface area contributed by atoms with Crippen LogP contribution in [0.2, 0.25) is 0 Å². The van der Waals surface area contributed by atoms with Gasteiger partial charge in [-0.05, 0) is 77.9 Å². The van der Waals surface area contributed by atoms with Gasteiger partial charge in [0.2, 0.25) is 0 Å². The summed E-state index contributed by atoms with van der Waals surface area (Å²) in [4.78, 5) is 0.267. The summed E-state index contributed by atoms with van der Waals surface area (Å²) in [5, 5.41) is 3.68. The second kappa shape index (κ2) is 9.36. The van der Waals surface area contributed by atoms with Gasteiger partial charge in [0.25, 0.3) is 10.0 Å². The summed E-state index contributed by atoms with van der Waals surface area (Å²) >= 11 is 3.59. The van der Waals surface area contributed by atoms with Gasteiger partial charge in [-0.3, -0.25) is 4.72 Å². The molecule has 0 bridgehead atoms. The first kappa shape index (κ1) is 23.9. The van der Waals surface area contributed by atoms with Gasteiger partial charge in [0.05, 0.1) is 18.0 Å². The Hall–Kier alpha value is -2.77. The number of hydrogen-bond acceptors (Lipinski definition) is 4. The van der Waals surface area contributed by atoms with Crippen molar-refractivity contribution in [3.8, 4) is 5.75 Å². The Morgan fingerprint density at radius 2 is 1.80 bits per heavy atom. The number of hydrogen-bond donors (Lipinski definition) is 2. The molecule has 1 aliphatic carbocycles. The molecule has 0 saturated heterocycles. The minimum Gasteiger partial charge on any atom is -0.496 e. The van der Waals surface area contributed by atoms with Gasteiger partial charge in [-0.25, -0.2) is 8.42 Å². The molecule has 0 spiro atoms. The highest BCUT2D eigenvalue weighted by molar-refractivity contribution is 9.10. The van der Waals surface area contributed by atoms with Crippen molar-refractivity contribution in [3.63, 3.8) is 0 Å². The van der Waals surface area contributed by atoms with E-state index in [1.807, 2.05) is 48.5 Å². The summed E-state index contributed by atoms with van der Waals surface area (Å²) in [5.74, 6) is 1.62. The zero-order chi connectivity index (χ0) is 24.7. The SMILES string of the molecule is COc1ccc(Br)cc1[C@H]1Nc2ccc(S(=O)(=O)Nc3ccc(C(C)C)cc3)cc2[C@H]2C=CC[C@H]21. The number of fused-ring (bicyclic) bond motifs is 3. The number of sulfonamides is 1. The van der Waals surface area contributed by atoms with E-state index in [4.69, 9.17) is 4.74 Å². The number of ether oxygens (including phenoxy) is 1. The molecule has 35 heavy (non-hydrogen) atoms. The fourth-order valence-electron chi connectivity index (χ4n) is 5.15. The molecule has 0 radical (unpaired) electrons. The van der Waals surface area contributed by atoms with Crippen LogP contribution in [-0.2, 0) is 10.0 Å². The van der Waals surface area contributed by atoms with Gasteiger partial charge in [-0.15, -0.1) is 0 Å². The molecular formula is C28H29BrN2O3S. The second-order valence-electron chi connectivity index (χ2n) is 9.49. The van der Waals surface area contributed by atoms with Crippen LogP contribution < -0.4 is 14.8 Å². The maximum atomic E-state index is 13.2. The molecule has 2 N–H and O–H groups in total. The predicted octanol–water partition coefficient (Wildman–Crippen LogP) is 7.21. The van der Waals surface area contributed by atoms with Crippen molar-refractivity contribution in [2.75, 3.05) is 17.1 Å². The molecule has 3 aromatic carbocycles. The molecule has 0 saturated carbocycles. The topological polar surface area (TPSA) is 67.4 Å². The number of nitrogens with one attached hydrogen (secondary N) is 2. The van der Waals surface area contributed by atoms with Gasteiger partial charge >= 0.3 is 0 Å². The quantitative estimate of drug-likeness (QED) is 0.317. The van der Waals surface area contributed by atoms with Crippen molar-refractivity contribution in [2.45, 2.75) is 43.0 Å². The molecule has 3 aromatic rings. The van der Waals surface area contributed by atoms with E-state index in [-0.39, 0.29) is 22.8 Å². The minimum atomic E-state index is -3.72. The van der Waals surface area contributed by atoms with Crippen molar-refractivity contribution >= 4 is 37.3 Å². The Kier molecular flexibility index (Phi) is 6.40. The number of anilines is 2. The third-order valence-corrected chi connectivity index (χ3v) is 8.87. The van der Waals surface area contributed by atoms with Crippen LogP contribution in [0.5, 0.6) is 5.75 Å². The largest absolute Gasteiger partial charge is 0.496 e. The fourth-order valence-corrected chi connectivity index (χ4v) is 6.62. The van der Waals surface area contributed by atoms with Gasteiger partial charge in [0.1, 0.15) is 5.75 Å². The first-order valence-electron chi connectivity index (χ1n) is 11.8. The summed E-state index contributed by atoms with van der Waals surface area (Å²) in [6, 6.07) is 19.0. The lowest BCUT2D eigenvalue weighted by Gasteiger charge is -2.38. The van der Waals surface area contributed by atoms with Crippen LogP contribution in [0.25, 0.3) is 0 Å². The Balaban J connectivity index is 1.47. The monoisotopic (exact) mass is 552 g/mol. The highest BCUT2D eigenvalue weighted by Crippen LogP contribution is 2.51. The Labute approximate surface area is 215 Å². The van der Waals surface area contributed by atoms with E-state index in [9.17, 15) is 8.42 Å². The molecular weight excluding hydrogens is 524 g/mol. The molecule has 5 rings (SSSR count). The molecule has 3 atom stereocenters. The van der Waals surface area contributed by atoms with E-state index in [1.54, 1.807) is 13.2 Å². The first-order valence-corrected chi connectivity index (χ1v) is 14.1. The Morgan fingerprint density at radius 3 is 2.51 bits per heavy atom. The lowest BCUT2D eigenvalue weighted by Crippen LogP contribution is -2.29. The highest BCUT2D eigenvalue weighted by atomic mass is 79.9. The molecule has 0 aromatic heterocycles. The summed E-state index contributed by atoms with van der Waals surface area (Å²) in [6.07, 6.45) is 5.31. The number of benzene rings is 3. The van der Waals surface area contributed by atoms with Gasteiger partial charge in [0, 0.05) is 27.3 Å². The summed E-state index contributed by atoms with van der Waals surface area (Å²) < 4.78 is 35.9. The average Bonchev–Trinajstić information content (AvgIpc) is 3.34. The van der Waals surface area contributed by atoms with Crippen molar-refractivity contribution in [2.24, 2.45) is 5.92 Å². The van der Waals surface area contributed by atoms with E-state index in [0.29, 0.717) is 11.6 Å². The molecule has 2 aliphatic rings. The number of allylic oxidation sites excluding steroid dienone is 2. The van der Waals surface area contributed by atoms with E-state index in [1.165, 1.54) is 5.56 Å². The molecule has 5 nitrogen and oxygen atoms in total. The van der Waals surface area contributed by atoms with Gasteiger partial charge in [0.15, 0.2) is 0 Å². The number of halogens is 1. The first-order chi connectivity index (χ1) is 16.8. The number of rotatable bonds is 6. The summed E-state index contributed by atoms with van der Waals surface area (Å²) in [5.41, 5.74) is 4.78. The van der Waals surface area contributed by atoms with Crippen LogP contribution >= 0.6 is 15.9 Å². The van der Waals surface area contributed by atoms with Crippen LogP contribution in [0.4, 0.5) is 11.4 Å². The third kappa shape index (κ3) is 4.59. The van der Waals surface area contributed by atoms with E-state index in [0.717, 1.165) is 33.5 Å². The average molecular weight is 554 g/mol. The zero-order valence-electron chi connectivity index (χ0n) is 20.0. The van der Waals surface area contributed by atoms with Crippen molar-refractivity contribution in [3.05, 3.63) is 94.0 Å². The van der Waals surface area contributed by atoms with Crippen LogP contribution in [-0.4, -0.2) is 15.5 Å². The van der Waals surface area contributed by atoms with Crippen molar-refractivity contribution in [1.29, 1.82) is 0 Å². The van der Waals surface area contributed by atoms with E-state index in [2.05, 4.69) is 58.0 Å². The molecule has 0 amide bonds.